The zero-order valence-corrected chi connectivity index (χ0v) is 10.9. The van der Waals surface area contributed by atoms with E-state index >= 15 is 0 Å². The highest BCUT2D eigenvalue weighted by atomic mass is 16.5. The van der Waals surface area contributed by atoms with Gasteiger partial charge in [-0.2, -0.15) is 0 Å². The minimum atomic E-state index is -0.160. The lowest BCUT2D eigenvalue weighted by atomic mass is 9.88. The van der Waals surface area contributed by atoms with Crippen molar-refractivity contribution in [3.8, 4) is 0 Å². The molecule has 2 aliphatic heterocycles. The van der Waals surface area contributed by atoms with Gasteiger partial charge in [-0.1, -0.05) is 0 Å². The molecule has 4 heteroatoms. The molecule has 0 bridgehead atoms. The number of hydrogen-bond donors (Lipinski definition) is 2. The van der Waals surface area contributed by atoms with Gasteiger partial charge in [-0.15, -0.1) is 0 Å². The van der Waals surface area contributed by atoms with Crippen molar-refractivity contribution in [1.82, 2.24) is 10.6 Å². The maximum atomic E-state index is 12.3. The number of carbonyl (C=O) groups is 1. The van der Waals surface area contributed by atoms with E-state index in [2.05, 4.69) is 24.5 Å². The number of rotatable bonds is 2. The first kappa shape index (κ1) is 12.8. The fourth-order valence-electron chi connectivity index (χ4n) is 2.82. The molecule has 1 amide bonds. The fraction of sp³-hybridized carbons (Fsp3) is 0.923. The summed E-state index contributed by atoms with van der Waals surface area (Å²) in [6, 6.07) is 0.289. The Hall–Kier alpha value is -0.610. The molecule has 0 radical (unpaired) electrons. The predicted octanol–water partition coefficient (Wildman–Crippen LogP) is 1.06. The highest BCUT2D eigenvalue weighted by Gasteiger charge is 2.34. The van der Waals surface area contributed by atoms with Gasteiger partial charge >= 0.3 is 0 Å². The van der Waals surface area contributed by atoms with E-state index < -0.39 is 0 Å². The Morgan fingerprint density at radius 3 is 2.94 bits per heavy atom. The largest absolute Gasteiger partial charge is 0.379 e. The SMILES string of the molecule is CC1NCCCC1C(=O)NC1(C)CCCOC1. The molecule has 3 atom stereocenters. The molecule has 2 saturated heterocycles. The first-order chi connectivity index (χ1) is 8.11. The molecule has 2 fully saturated rings. The Kier molecular flexibility index (Phi) is 4.05. The smallest absolute Gasteiger partial charge is 0.225 e. The molecule has 0 aromatic rings. The molecule has 0 aromatic carbocycles. The summed E-state index contributed by atoms with van der Waals surface area (Å²) in [5.41, 5.74) is -0.160. The van der Waals surface area contributed by atoms with E-state index in [4.69, 9.17) is 4.74 Å². The van der Waals surface area contributed by atoms with Crippen LogP contribution in [-0.4, -0.2) is 37.2 Å². The summed E-state index contributed by atoms with van der Waals surface area (Å²) in [5, 5.41) is 6.56. The van der Waals surface area contributed by atoms with Crippen LogP contribution in [0.1, 0.15) is 39.5 Å². The number of carbonyl (C=O) groups excluding carboxylic acids is 1. The van der Waals surface area contributed by atoms with E-state index in [0.29, 0.717) is 6.61 Å². The molecule has 98 valence electrons. The molecule has 0 aliphatic carbocycles. The van der Waals surface area contributed by atoms with Gasteiger partial charge in [0.2, 0.25) is 5.91 Å². The average molecular weight is 240 g/mol. The second-order valence-corrected chi connectivity index (χ2v) is 5.70. The molecular formula is C13H24N2O2. The van der Waals surface area contributed by atoms with Crippen molar-refractivity contribution >= 4 is 5.91 Å². The topological polar surface area (TPSA) is 50.4 Å². The van der Waals surface area contributed by atoms with Gasteiger partial charge in [-0.05, 0) is 46.1 Å². The first-order valence-corrected chi connectivity index (χ1v) is 6.74. The molecule has 4 nitrogen and oxygen atoms in total. The second-order valence-electron chi connectivity index (χ2n) is 5.70. The van der Waals surface area contributed by atoms with E-state index in [-0.39, 0.29) is 23.4 Å². The van der Waals surface area contributed by atoms with Gasteiger partial charge in [0.05, 0.1) is 18.1 Å². The molecule has 17 heavy (non-hydrogen) atoms. The molecular weight excluding hydrogens is 216 g/mol. The van der Waals surface area contributed by atoms with Gasteiger partial charge in [-0.3, -0.25) is 4.79 Å². The summed E-state index contributed by atoms with van der Waals surface area (Å²) < 4.78 is 5.47. The summed E-state index contributed by atoms with van der Waals surface area (Å²) in [4.78, 5) is 12.3. The van der Waals surface area contributed by atoms with Crippen LogP contribution in [0.4, 0.5) is 0 Å². The van der Waals surface area contributed by atoms with Crippen molar-refractivity contribution in [3.63, 3.8) is 0 Å². The van der Waals surface area contributed by atoms with E-state index in [1.54, 1.807) is 0 Å². The maximum Gasteiger partial charge on any atom is 0.225 e. The molecule has 0 aromatic heterocycles. The number of ether oxygens (including phenoxy) is 1. The molecule has 2 heterocycles. The lowest BCUT2D eigenvalue weighted by Gasteiger charge is -2.37. The van der Waals surface area contributed by atoms with Crippen molar-refractivity contribution in [2.24, 2.45) is 5.92 Å². The van der Waals surface area contributed by atoms with Crippen LogP contribution in [0.15, 0.2) is 0 Å². The molecule has 0 spiro atoms. The Morgan fingerprint density at radius 2 is 2.29 bits per heavy atom. The summed E-state index contributed by atoms with van der Waals surface area (Å²) >= 11 is 0. The van der Waals surface area contributed by atoms with Crippen molar-refractivity contribution in [2.75, 3.05) is 19.8 Å². The van der Waals surface area contributed by atoms with E-state index in [9.17, 15) is 4.79 Å². The van der Waals surface area contributed by atoms with Crippen LogP contribution in [0.25, 0.3) is 0 Å². The normalized spacial score (nSPS) is 38.7. The zero-order chi connectivity index (χ0) is 12.3. The monoisotopic (exact) mass is 240 g/mol. The minimum Gasteiger partial charge on any atom is -0.379 e. The zero-order valence-electron chi connectivity index (χ0n) is 10.9. The van der Waals surface area contributed by atoms with Crippen LogP contribution in [0.5, 0.6) is 0 Å². The molecule has 3 unspecified atom stereocenters. The van der Waals surface area contributed by atoms with Gasteiger partial charge in [0.15, 0.2) is 0 Å². The van der Waals surface area contributed by atoms with Crippen LogP contribution in [0, 0.1) is 5.92 Å². The van der Waals surface area contributed by atoms with Gasteiger partial charge in [0.25, 0.3) is 0 Å². The van der Waals surface area contributed by atoms with Gasteiger partial charge in [0, 0.05) is 12.6 Å². The third-order valence-corrected chi connectivity index (χ3v) is 3.96. The maximum absolute atomic E-state index is 12.3. The first-order valence-electron chi connectivity index (χ1n) is 6.74. The lowest BCUT2D eigenvalue weighted by Crippen LogP contribution is -2.56. The van der Waals surface area contributed by atoms with Crippen molar-refractivity contribution in [2.45, 2.75) is 51.1 Å². The van der Waals surface area contributed by atoms with Gasteiger partial charge in [-0.25, -0.2) is 0 Å². The van der Waals surface area contributed by atoms with Crippen LogP contribution in [0.3, 0.4) is 0 Å². The van der Waals surface area contributed by atoms with Crippen LogP contribution in [-0.2, 0) is 9.53 Å². The average Bonchev–Trinajstić information content (AvgIpc) is 2.29. The van der Waals surface area contributed by atoms with Crippen LogP contribution in [0.2, 0.25) is 0 Å². The Balaban J connectivity index is 1.90. The third-order valence-electron chi connectivity index (χ3n) is 3.96. The van der Waals surface area contributed by atoms with Crippen molar-refractivity contribution in [1.29, 1.82) is 0 Å². The van der Waals surface area contributed by atoms with Crippen molar-refractivity contribution in [3.05, 3.63) is 0 Å². The van der Waals surface area contributed by atoms with Crippen LogP contribution < -0.4 is 10.6 Å². The van der Waals surface area contributed by atoms with Crippen molar-refractivity contribution < 1.29 is 9.53 Å². The summed E-state index contributed by atoms with van der Waals surface area (Å²) in [5.74, 6) is 0.306. The standard InChI is InChI=1S/C13H24N2O2/c1-10-11(5-3-7-14-10)12(16)15-13(2)6-4-8-17-9-13/h10-11,14H,3-9H2,1-2H3,(H,15,16). The summed E-state index contributed by atoms with van der Waals surface area (Å²) in [7, 11) is 0. The molecule has 0 saturated carbocycles. The highest BCUT2D eigenvalue weighted by Crippen LogP contribution is 2.22. The quantitative estimate of drug-likeness (QED) is 0.759. The van der Waals surface area contributed by atoms with E-state index in [1.807, 2.05) is 0 Å². The molecule has 2 aliphatic rings. The van der Waals surface area contributed by atoms with E-state index in [0.717, 1.165) is 38.8 Å². The molecule has 2 rings (SSSR count). The number of piperidine rings is 1. The predicted molar refractivity (Wildman–Crippen MR) is 66.8 cm³/mol. The Morgan fingerprint density at radius 1 is 1.47 bits per heavy atom. The second kappa shape index (κ2) is 5.36. The fourth-order valence-corrected chi connectivity index (χ4v) is 2.82. The Bertz CT molecular complexity index is 275. The molecule has 2 N–H and O–H groups in total. The lowest BCUT2D eigenvalue weighted by molar-refractivity contribution is -0.130. The third kappa shape index (κ3) is 3.19. The Labute approximate surface area is 103 Å². The minimum absolute atomic E-state index is 0.113. The van der Waals surface area contributed by atoms with E-state index in [1.165, 1.54) is 0 Å². The van der Waals surface area contributed by atoms with Gasteiger partial charge in [0.1, 0.15) is 0 Å². The number of amides is 1. The number of hydrogen-bond acceptors (Lipinski definition) is 3. The number of nitrogens with one attached hydrogen (secondary N) is 2. The summed E-state index contributed by atoms with van der Waals surface area (Å²) in [6.45, 7) is 6.69. The van der Waals surface area contributed by atoms with Crippen LogP contribution >= 0.6 is 0 Å². The van der Waals surface area contributed by atoms with Gasteiger partial charge < -0.3 is 15.4 Å². The highest BCUT2D eigenvalue weighted by molar-refractivity contribution is 5.80. The summed E-state index contributed by atoms with van der Waals surface area (Å²) in [6.07, 6.45) is 4.15.